The first kappa shape index (κ1) is 15.3. The molecule has 1 saturated carbocycles. The maximum Gasteiger partial charge on any atom is 0.228 e. The second-order valence-electron chi connectivity index (χ2n) is 5.50. The van der Waals surface area contributed by atoms with Crippen LogP contribution in [0.1, 0.15) is 26.2 Å². The summed E-state index contributed by atoms with van der Waals surface area (Å²) in [6.45, 7) is 2.60. The molecule has 0 saturated heterocycles. The van der Waals surface area contributed by atoms with E-state index in [1.165, 1.54) is 0 Å². The van der Waals surface area contributed by atoms with E-state index in [0.717, 1.165) is 30.7 Å². The molecule has 1 aliphatic rings. The van der Waals surface area contributed by atoms with Gasteiger partial charge in [0.15, 0.2) is 11.6 Å². The third-order valence-electron chi connectivity index (χ3n) is 3.83. The normalized spacial score (nSPS) is 14.0. The third-order valence-corrected chi connectivity index (χ3v) is 3.83. The van der Waals surface area contributed by atoms with Crippen molar-refractivity contribution in [3.8, 4) is 5.75 Å². The summed E-state index contributed by atoms with van der Waals surface area (Å²) in [5.74, 6) is 2.12. The number of aromatic nitrogens is 2. The fourth-order valence-corrected chi connectivity index (χ4v) is 2.31. The first-order valence-corrected chi connectivity index (χ1v) is 7.89. The van der Waals surface area contributed by atoms with E-state index in [0.29, 0.717) is 18.2 Å². The zero-order chi connectivity index (χ0) is 16.1. The summed E-state index contributed by atoms with van der Waals surface area (Å²) in [6.07, 6.45) is 3.07. The number of ether oxygens (including phenoxy) is 1. The van der Waals surface area contributed by atoms with Gasteiger partial charge in [-0.1, -0.05) is 6.42 Å². The van der Waals surface area contributed by atoms with Crippen LogP contribution in [0.2, 0.25) is 0 Å². The van der Waals surface area contributed by atoms with E-state index < -0.39 is 0 Å². The molecule has 0 radical (unpaired) electrons. The van der Waals surface area contributed by atoms with Crippen LogP contribution in [0.25, 0.3) is 0 Å². The third kappa shape index (κ3) is 3.97. The van der Waals surface area contributed by atoms with Gasteiger partial charge in [-0.3, -0.25) is 4.79 Å². The van der Waals surface area contributed by atoms with Crippen molar-refractivity contribution in [3.63, 3.8) is 0 Å². The van der Waals surface area contributed by atoms with E-state index in [2.05, 4.69) is 20.8 Å². The van der Waals surface area contributed by atoms with Crippen molar-refractivity contribution in [1.29, 1.82) is 0 Å². The number of hydrogen-bond donors (Lipinski definition) is 2. The Kier molecular flexibility index (Phi) is 4.71. The highest BCUT2D eigenvalue weighted by Crippen LogP contribution is 2.27. The summed E-state index contributed by atoms with van der Waals surface area (Å²) in [6, 6.07) is 11.2. The number of carbonyl (C=O) groups is 1. The molecule has 1 heterocycles. The van der Waals surface area contributed by atoms with Crippen LogP contribution in [0.15, 0.2) is 36.4 Å². The molecule has 0 atom stereocenters. The average molecular weight is 312 g/mol. The molecule has 0 unspecified atom stereocenters. The first-order valence-electron chi connectivity index (χ1n) is 7.89. The van der Waals surface area contributed by atoms with Gasteiger partial charge in [-0.05, 0) is 56.2 Å². The van der Waals surface area contributed by atoms with Gasteiger partial charge in [-0.15, -0.1) is 10.2 Å². The van der Waals surface area contributed by atoms with E-state index >= 15 is 0 Å². The van der Waals surface area contributed by atoms with Crippen molar-refractivity contribution in [2.75, 3.05) is 17.2 Å². The van der Waals surface area contributed by atoms with Crippen molar-refractivity contribution in [3.05, 3.63) is 36.4 Å². The minimum absolute atomic E-state index is 0.0396. The standard InChI is InChI=1S/C17H20N4O2/c1-2-23-14-8-6-13(7-9-14)18-15-10-11-16(21-20-15)19-17(22)12-4-3-5-12/h6-12H,2-5H2,1H3,(H,18,20)(H,19,21,22). The number of carbonyl (C=O) groups excluding carboxylic acids is 1. The number of hydrogen-bond acceptors (Lipinski definition) is 5. The molecule has 0 bridgehead atoms. The summed E-state index contributed by atoms with van der Waals surface area (Å²) >= 11 is 0. The predicted octanol–water partition coefficient (Wildman–Crippen LogP) is 3.36. The van der Waals surface area contributed by atoms with Crippen molar-refractivity contribution in [2.45, 2.75) is 26.2 Å². The molecule has 6 heteroatoms. The fourth-order valence-electron chi connectivity index (χ4n) is 2.31. The molecular formula is C17H20N4O2. The lowest BCUT2D eigenvalue weighted by Gasteiger charge is -2.23. The smallest absolute Gasteiger partial charge is 0.228 e. The Morgan fingerprint density at radius 1 is 1.13 bits per heavy atom. The Hall–Kier alpha value is -2.63. The van der Waals surface area contributed by atoms with E-state index in [1.807, 2.05) is 31.2 Å². The lowest BCUT2D eigenvalue weighted by Crippen LogP contribution is -2.28. The Labute approximate surface area is 135 Å². The second-order valence-corrected chi connectivity index (χ2v) is 5.50. The molecular weight excluding hydrogens is 292 g/mol. The fraction of sp³-hybridized carbons (Fsp3) is 0.353. The lowest BCUT2D eigenvalue weighted by atomic mass is 9.85. The highest BCUT2D eigenvalue weighted by atomic mass is 16.5. The molecule has 1 aliphatic carbocycles. The number of rotatable bonds is 6. The molecule has 120 valence electrons. The molecule has 6 nitrogen and oxygen atoms in total. The van der Waals surface area contributed by atoms with Crippen LogP contribution < -0.4 is 15.4 Å². The minimum atomic E-state index is 0.0396. The highest BCUT2D eigenvalue weighted by Gasteiger charge is 2.25. The van der Waals surface area contributed by atoms with Crippen LogP contribution >= 0.6 is 0 Å². The van der Waals surface area contributed by atoms with E-state index in [1.54, 1.807) is 12.1 Å². The van der Waals surface area contributed by atoms with Gasteiger partial charge in [0.1, 0.15) is 5.75 Å². The molecule has 3 rings (SSSR count). The second kappa shape index (κ2) is 7.09. The summed E-state index contributed by atoms with van der Waals surface area (Å²) < 4.78 is 5.40. The van der Waals surface area contributed by atoms with Gasteiger partial charge in [0.2, 0.25) is 5.91 Å². The van der Waals surface area contributed by atoms with Crippen molar-refractivity contribution < 1.29 is 9.53 Å². The quantitative estimate of drug-likeness (QED) is 0.855. The van der Waals surface area contributed by atoms with Gasteiger partial charge >= 0.3 is 0 Å². The zero-order valence-corrected chi connectivity index (χ0v) is 13.1. The Morgan fingerprint density at radius 2 is 1.83 bits per heavy atom. The van der Waals surface area contributed by atoms with Crippen molar-refractivity contribution >= 4 is 23.2 Å². The zero-order valence-electron chi connectivity index (χ0n) is 13.1. The lowest BCUT2D eigenvalue weighted by molar-refractivity contribution is -0.122. The maximum atomic E-state index is 11.8. The molecule has 0 spiro atoms. The largest absolute Gasteiger partial charge is 0.494 e. The number of nitrogens with one attached hydrogen (secondary N) is 2. The molecule has 0 aliphatic heterocycles. The first-order chi connectivity index (χ1) is 11.2. The molecule has 2 N–H and O–H groups in total. The summed E-state index contributed by atoms with van der Waals surface area (Å²) in [7, 11) is 0. The van der Waals surface area contributed by atoms with Crippen molar-refractivity contribution in [2.24, 2.45) is 5.92 Å². The maximum absolute atomic E-state index is 11.8. The molecule has 1 aromatic carbocycles. The highest BCUT2D eigenvalue weighted by molar-refractivity contribution is 5.92. The number of anilines is 3. The number of nitrogens with zero attached hydrogens (tertiary/aromatic N) is 2. The number of amides is 1. The molecule has 1 fully saturated rings. The minimum Gasteiger partial charge on any atom is -0.494 e. The van der Waals surface area contributed by atoms with Gasteiger partial charge in [0, 0.05) is 11.6 Å². The van der Waals surface area contributed by atoms with Crippen LogP contribution in [0.3, 0.4) is 0 Å². The topological polar surface area (TPSA) is 76.1 Å². The van der Waals surface area contributed by atoms with Gasteiger partial charge in [0.25, 0.3) is 0 Å². The summed E-state index contributed by atoms with van der Waals surface area (Å²) in [5.41, 5.74) is 0.897. The van der Waals surface area contributed by atoms with Crippen LogP contribution in [-0.4, -0.2) is 22.7 Å². The van der Waals surface area contributed by atoms with Gasteiger partial charge < -0.3 is 15.4 Å². The van der Waals surface area contributed by atoms with Gasteiger partial charge in [0.05, 0.1) is 6.61 Å². The van der Waals surface area contributed by atoms with E-state index in [4.69, 9.17) is 4.74 Å². The SMILES string of the molecule is CCOc1ccc(Nc2ccc(NC(=O)C3CCC3)nn2)cc1. The van der Waals surface area contributed by atoms with Gasteiger partial charge in [-0.2, -0.15) is 0 Å². The predicted molar refractivity (Wildman–Crippen MR) is 88.9 cm³/mol. The monoisotopic (exact) mass is 312 g/mol. The Balaban J connectivity index is 1.57. The van der Waals surface area contributed by atoms with Crippen LogP contribution in [0, 0.1) is 5.92 Å². The van der Waals surface area contributed by atoms with Crippen molar-refractivity contribution in [1.82, 2.24) is 10.2 Å². The molecule has 1 aromatic heterocycles. The summed E-state index contributed by atoms with van der Waals surface area (Å²) in [5, 5.41) is 14.1. The van der Waals surface area contributed by atoms with Gasteiger partial charge in [-0.25, -0.2) is 0 Å². The van der Waals surface area contributed by atoms with E-state index in [-0.39, 0.29) is 11.8 Å². The summed E-state index contributed by atoms with van der Waals surface area (Å²) in [4.78, 5) is 11.8. The van der Waals surface area contributed by atoms with Crippen LogP contribution in [-0.2, 0) is 4.79 Å². The van der Waals surface area contributed by atoms with Crippen LogP contribution in [0.4, 0.5) is 17.3 Å². The molecule has 23 heavy (non-hydrogen) atoms. The van der Waals surface area contributed by atoms with Crippen LogP contribution in [0.5, 0.6) is 5.75 Å². The molecule has 2 aromatic rings. The Bertz CT molecular complexity index is 651. The average Bonchev–Trinajstić information content (AvgIpc) is 2.50. The van der Waals surface area contributed by atoms with E-state index in [9.17, 15) is 4.79 Å². The Morgan fingerprint density at radius 3 is 2.39 bits per heavy atom. The number of benzene rings is 1. The molecule has 1 amide bonds.